The molecule has 10 heteroatoms. The molecule has 0 unspecified atom stereocenters. The fraction of sp³-hybridized carbons (Fsp3) is 0.297. The molecular weight excluding hydrogens is 614 g/mol. The van der Waals surface area contributed by atoms with Gasteiger partial charge in [0, 0.05) is 19.0 Å². The molecule has 4 aromatic rings. The van der Waals surface area contributed by atoms with Crippen LogP contribution in [0.15, 0.2) is 109 Å². The van der Waals surface area contributed by atoms with Crippen molar-refractivity contribution in [2.75, 3.05) is 24.2 Å². The number of anilines is 1. The fourth-order valence-corrected chi connectivity index (χ4v) is 6.66. The molecule has 1 N–H and O–H groups in total. The van der Waals surface area contributed by atoms with Crippen LogP contribution in [0.3, 0.4) is 0 Å². The van der Waals surface area contributed by atoms with Crippen molar-refractivity contribution in [2.24, 2.45) is 0 Å². The summed E-state index contributed by atoms with van der Waals surface area (Å²) in [5, 5.41) is 3.18. The van der Waals surface area contributed by atoms with Crippen LogP contribution in [0.25, 0.3) is 0 Å². The zero-order chi connectivity index (χ0) is 33.2. The Kier molecular flexibility index (Phi) is 11.2. The standard InChI is InChI=1S/C37H41N3O6S/c1-45-34-19-11-14-29(24-34)26-39(35(25-28-12-5-3-6-13-28)37(42)38-30-15-9-10-16-30)36(41)27-40(47(2,43)44)31-20-22-33(23-21-31)46-32-17-7-4-8-18-32/h3-8,11-14,17-24,30,35H,9-10,15-16,25-27H2,1-2H3,(H,38,42)/t35-/m1/s1. The number of nitrogens with one attached hydrogen (secondary N) is 1. The largest absolute Gasteiger partial charge is 0.497 e. The third kappa shape index (κ3) is 9.36. The summed E-state index contributed by atoms with van der Waals surface area (Å²) in [6.45, 7) is -0.420. The van der Waals surface area contributed by atoms with Crippen LogP contribution in [0.5, 0.6) is 17.2 Å². The lowest BCUT2D eigenvalue weighted by Gasteiger charge is -2.34. The Morgan fingerprint density at radius 1 is 0.809 bits per heavy atom. The highest BCUT2D eigenvalue weighted by molar-refractivity contribution is 7.92. The maximum atomic E-state index is 14.4. The minimum atomic E-state index is -3.90. The lowest BCUT2D eigenvalue weighted by Crippen LogP contribution is -2.54. The zero-order valence-electron chi connectivity index (χ0n) is 26.7. The lowest BCUT2D eigenvalue weighted by atomic mass is 10.0. The molecule has 2 amide bonds. The number of hydrogen-bond acceptors (Lipinski definition) is 6. The van der Waals surface area contributed by atoms with Gasteiger partial charge in [0.2, 0.25) is 21.8 Å². The highest BCUT2D eigenvalue weighted by atomic mass is 32.2. The average Bonchev–Trinajstić information content (AvgIpc) is 3.59. The zero-order valence-corrected chi connectivity index (χ0v) is 27.6. The van der Waals surface area contributed by atoms with Gasteiger partial charge in [-0.1, -0.05) is 73.5 Å². The molecule has 0 aromatic heterocycles. The first-order valence-corrected chi connectivity index (χ1v) is 17.6. The molecule has 246 valence electrons. The van der Waals surface area contributed by atoms with Crippen LogP contribution in [0, 0.1) is 0 Å². The van der Waals surface area contributed by atoms with E-state index in [4.69, 9.17) is 9.47 Å². The van der Waals surface area contributed by atoms with Crippen molar-refractivity contribution in [1.82, 2.24) is 10.2 Å². The predicted molar refractivity (Wildman–Crippen MR) is 183 cm³/mol. The van der Waals surface area contributed by atoms with Crippen LogP contribution < -0.4 is 19.1 Å². The van der Waals surface area contributed by atoms with Gasteiger partial charge < -0.3 is 19.7 Å². The Morgan fingerprint density at radius 3 is 2.04 bits per heavy atom. The van der Waals surface area contributed by atoms with Gasteiger partial charge in [0.1, 0.15) is 29.8 Å². The van der Waals surface area contributed by atoms with Crippen molar-refractivity contribution in [3.63, 3.8) is 0 Å². The van der Waals surface area contributed by atoms with Crippen LogP contribution in [-0.4, -0.2) is 57.1 Å². The summed E-state index contributed by atoms with van der Waals surface area (Å²) in [5.41, 5.74) is 1.94. The summed E-state index contributed by atoms with van der Waals surface area (Å²) in [6, 6.07) is 31.8. The molecule has 5 rings (SSSR count). The molecule has 1 aliphatic carbocycles. The van der Waals surface area contributed by atoms with E-state index < -0.39 is 28.5 Å². The summed E-state index contributed by atoms with van der Waals surface area (Å²) in [7, 11) is -2.34. The highest BCUT2D eigenvalue weighted by Crippen LogP contribution is 2.27. The topological polar surface area (TPSA) is 105 Å². The SMILES string of the molecule is COc1cccc(CN(C(=O)CN(c2ccc(Oc3ccccc3)cc2)S(C)(=O)=O)[C@H](Cc2ccccc2)C(=O)NC2CCCC2)c1. The number of nitrogens with zero attached hydrogens (tertiary/aromatic N) is 2. The summed E-state index contributed by atoms with van der Waals surface area (Å²) in [6.07, 6.45) is 5.19. The third-order valence-electron chi connectivity index (χ3n) is 8.24. The normalized spacial score (nSPS) is 13.8. The van der Waals surface area contributed by atoms with E-state index in [9.17, 15) is 18.0 Å². The second kappa shape index (κ2) is 15.6. The molecule has 0 radical (unpaired) electrons. The van der Waals surface area contributed by atoms with Crippen LogP contribution in [-0.2, 0) is 32.6 Å². The van der Waals surface area contributed by atoms with Crippen molar-refractivity contribution in [2.45, 2.75) is 50.7 Å². The molecule has 0 saturated heterocycles. The van der Waals surface area contributed by atoms with Gasteiger partial charge in [-0.2, -0.15) is 0 Å². The molecule has 1 atom stereocenters. The van der Waals surface area contributed by atoms with Gasteiger partial charge in [0.05, 0.1) is 19.1 Å². The summed E-state index contributed by atoms with van der Waals surface area (Å²) < 4.78 is 38.7. The van der Waals surface area contributed by atoms with Gasteiger partial charge in [-0.15, -0.1) is 0 Å². The predicted octanol–water partition coefficient (Wildman–Crippen LogP) is 5.95. The summed E-state index contributed by atoms with van der Waals surface area (Å²) in [5.74, 6) is 1.01. The molecule has 1 fully saturated rings. The van der Waals surface area contributed by atoms with E-state index in [0.29, 0.717) is 22.9 Å². The molecular formula is C37H41N3O6S. The van der Waals surface area contributed by atoms with Crippen molar-refractivity contribution >= 4 is 27.5 Å². The number of methoxy groups -OCH3 is 1. The molecule has 1 saturated carbocycles. The smallest absolute Gasteiger partial charge is 0.244 e. The Morgan fingerprint density at radius 2 is 1.40 bits per heavy atom. The summed E-state index contributed by atoms with van der Waals surface area (Å²) in [4.78, 5) is 29.9. The molecule has 0 bridgehead atoms. The maximum absolute atomic E-state index is 14.4. The molecule has 0 aliphatic heterocycles. The van der Waals surface area contributed by atoms with Crippen molar-refractivity contribution in [3.05, 3.63) is 120 Å². The molecule has 0 heterocycles. The van der Waals surface area contributed by atoms with Gasteiger partial charge in [-0.25, -0.2) is 8.42 Å². The first kappa shape index (κ1) is 33.5. The van der Waals surface area contributed by atoms with E-state index in [1.165, 1.54) is 4.90 Å². The molecule has 0 spiro atoms. The van der Waals surface area contributed by atoms with Crippen molar-refractivity contribution in [1.29, 1.82) is 0 Å². The van der Waals surface area contributed by atoms with E-state index in [1.807, 2.05) is 78.9 Å². The maximum Gasteiger partial charge on any atom is 0.244 e. The quantitative estimate of drug-likeness (QED) is 0.180. The van der Waals surface area contributed by atoms with Crippen LogP contribution in [0.2, 0.25) is 0 Å². The first-order valence-electron chi connectivity index (χ1n) is 15.8. The number of sulfonamides is 1. The minimum Gasteiger partial charge on any atom is -0.497 e. The minimum absolute atomic E-state index is 0.0404. The number of carbonyl (C=O) groups excluding carboxylic acids is 2. The second-order valence-corrected chi connectivity index (χ2v) is 13.7. The number of ether oxygens (including phenoxy) is 2. The van der Waals surface area contributed by atoms with Crippen LogP contribution in [0.4, 0.5) is 5.69 Å². The van der Waals surface area contributed by atoms with Gasteiger partial charge in [-0.3, -0.25) is 13.9 Å². The fourth-order valence-electron chi connectivity index (χ4n) is 5.81. The van der Waals surface area contributed by atoms with Gasteiger partial charge in [0.15, 0.2) is 0 Å². The molecule has 9 nitrogen and oxygen atoms in total. The molecule has 47 heavy (non-hydrogen) atoms. The molecule has 4 aromatic carbocycles. The van der Waals surface area contributed by atoms with Crippen LogP contribution in [0.1, 0.15) is 36.8 Å². The number of benzene rings is 4. The second-order valence-electron chi connectivity index (χ2n) is 11.7. The monoisotopic (exact) mass is 655 g/mol. The third-order valence-corrected chi connectivity index (χ3v) is 9.38. The number of carbonyl (C=O) groups is 2. The van der Waals surface area contributed by atoms with E-state index in [1.54, 1.807) is 37.4 Å². The highest BCUT2D eigenvalue weighted by Gasteiger charge is 2.34. The Hall–Kier alpha value is -4.83. The van der Waals surface area contributed by atoms with E-state index in [0.717, 1.165) is 47.4 Å². The number of rotatable bonds is 14. The molecule has 1 aliphatic rings. The average molecular weight is 656 g/mol. The van der Waals surface area contributed by atoms with E-state index >= 15 is 0 Å². The van der Waals surface area contributed by atoms with E-state index in [-0.39, 0.29) is 24.9 Å². The Labute approximate surface area is 277 Å². The van der Waals surface area contributed by atoms with Crippen molar-refractivity contribution < 1.29 is 27.5 Å². The summed E-state index contributed by atoms with van der Waals surface area (Å²) >= 11 is 0. The van der Waals surface area contributed by atoms with Gasteiger partial charge in [0.25, 0.3) is 0 Å². The van der Waals surface area contributed by atoms with E-state index in [2.05, 4.69) is 5.32 Å². The van der Waals surface area contributed by atoms with Crippen LogP contribution >= 0.6 is 0 Å². The van der Waals surface area contributed by atoms with Crippen molar-refractivity contribution in [3.8, 4) is 17.2 Å². The lowest BCUT2D eigenvalue weighted by molar-refractivity contribution is -0.140. The Bertz CT molecular complexity index is 1730. The van der Waals surface area contributed by atoms with Gasteiger partial charge in [-0.05, 0) is 72.5 Å². The number of hydrogen-bond donors (Lipinski definition) is 1. The number of amides is 2. The Balaban J connectivity index is 1.47. The van der Waals surface area contributed by atoms with Gasteiger partial charge >= 0.3 is 0 Å². The number of para-hydroxylation sites is 1. The first-order chi connectivity index (χ1) is 22.7.